The molecule has 7 heteroatoms. The highest BCUT2D eigenvalue weighted by Crippen LogP contribution is 2.50. The first-order valence-electron chi connectivity index (χ1n) is 12.8. The molecule has 1 unspecified atom stereocenters. The number of hydrogen-bond acceptors (Lipinski definition) is 6. The molecule has 2 aliphatic rings. The van der Waals surface area contributed by atoms with Gasteiger partial charge in [-0.1, -0.05) is 44.7 Å². The van der Waals surface area contributed by atoms with Gasteiger partial charge in [-0.15, -0.1) is 0 Å². The van der Waals surface area contributed by atoms with Crippen LogP contribution in [0.4, 0.5) is 11.4 Å². The molecule has 0 aromatic heterocycles. The second kappa shape index (κ2) is 11.5. The Balaban J connectivity index is 1.68. The van der Waals surface area contributed by atoms with Crippen molar-refractivity contribution in [1.82, 2.24) is 10.2 Å². The van der Waals surface area contributed by atoms with Crippen molar-refractivity contribution in [3.05, 3.63) is 48.0 Å². The Kier molecular flexibility index (Phi) is 8.39. The lowest BCUT2D eigenvalue weighted by Gasteiger charge is -2.44. The monoisotopic (exact) mass is 495 g/mol. The number of para-hydroxylation sites is 1. The highest BCUT2D eigenvalue weighted by molar-refractivity contribution is 7.99. The third kappa shape index (κ3) is 5.84. The van der Waals surface area contributed by atoms with Gasteiger partial charge in [-0.3, -0.25) is 14.5 Å². The van der Waals surface area contributed by atoms with Crippen molar-refractivity contribution in [2.24, 2.45) is 5.92 Å². The summed E-state index contributed by atoms with van der Waals surface area (Å²) in [6, 6.07) is 14.7. The Bertz CT molecular complexity index is 1060. The highest BCUT2D eigenvalue weighted by atomic mass is 32.2. The minimum Gasteiger partial charge on any atom is -0.464 e. The number of carbonyl (C=O) groups excluding carboxylic acids is 2. The average Bonchev–Trinajstić information content (AvgIpc) is 3.30. The summed E-state index contributed by atoms with van der Waals surface area (Å²) in [5.74, 6) is 0.287. The number of hydrogen-bond donors (Lipinski definition) is 1. The van der Waals surface area contributed by atoms with Gasteiger partial charge < -0.3 is 15.0 Å². The molecule has 2 aromatic rings. The fraction of sp³-hybridized carbons (Fsp3) is 0.500. The third-order valence-corrected chi connectivity index (χ3v) is 7.91. The fourth-order valence-corrected chi connectivity index (χ4v) is 6.08. The molecule has 188 valence electrons. The summed E-state index contributed by atoms with van der Waals surface area (Å²) >= 11 is 1.75. The van der Waals surface area contributed by atoms with Crippen LogP contribution in [0.2, 0.25) is 0 Å². The first-order valence-corrected chi connectivity index (χ1v) is 13.6. The van der Waals surface area contributed by atoms with E-state index in [1.165, 1.54) is 11.8 Å². The van der Waals surface area contributed by atoms with Crippen LogP contribution in [0, 0.1) is 5.92 Å². The van der Waals surface area contributed by atoms with E-state index in [9.17, 15) is 9.59 Å². The van der Waals surface area contributed by atoms with Gasteiger partial charge in [-0.25, -0.2) is 0 Å². The van der Waals surface area contributed by atoms with E-state index in [-0.39, 0.29) is 24.1 Å². The summed E-state index contributed by atoms with van der Waals surface area (Å²) in [6.45, 7) is 10.1. The van der Waals surface area contributed by atoms with Gasteiger partial charge in [0, 0.05) is 41.4 Å². The van der Waals surface area contributed by atoms with Crippen LogP contribution in [-0.4, -0.2) is 48.7 Å². The van der Waals surface area contributed by atoms with Crippen molar-refractivity contribution in [3.63, 3.8) is 0 Å². The molecule has 1 saturated heterocycles. The number of anilines is 2. The largest absolute Gasteiger partial charge is 0.464 e. The number of amides is 1. The van der Waals surface area contributed by atoms with Crippen LogP contribution in [0.25, 0.3) is 0 Å². The Morgan fingerprint density at radius 3 is 2.66 bits per heavy atom. The van der Waals surface area contributed by atoms with Crippen molar-refractivity contribution in [2.75, 3.05) is 24.6 Å². The van der Waals surface area contributed by atoms with Crippen LogP contribution >= 0.6 is 11.8 Å². The molecule has 1 amide bonds. The molecular formula is C28H37N3O3S. The third-order valence-electron chi connectivity index (χ3n) is 6.78. The van der Waals surface area contributed by atoms with Gasteiger partial charge in [0.2, 0.25) is 0 Å². The lowest BCUT2D eigenvalue weighted by atomic mass is 10.1. The molecule has 0 radical (unpaired) electrons. The number of rotatable bonds is 9. The maximum atomic E-state index is 13.0. The molecule has 1 fully saturated rings. The first kappa shape index (κ1) is 25.6. The van der Waals surface area contributed by atoms with Crippen LogP contribution in [0.3, 0.4) is 0 Å². The number of esters is 1. The predicted octanol–water partition coefficient (Wildman–Crippen LogP) is 5.83. The van der Waals surface area contributed by atoms with E-state index in [2.05, 4.69) is 66.2 Å². The normalized spacial score (nSPS) is 18.2. The summed E-state index contributed by atoms with van der Waals surface area (Å²) in [5, 5.41) is 3.08. The molecule has 0 bridgehead atoms. The number of nitrogens with zero attached hydrogens (tertiary/aromatic N) is 2. The van der Waals surface area contributed by atoms with Gasteiger partial charge in [-0.2, -0.15) is 0 Å². The quantitative estimate of drug-likeness (QED) is 0.442. The Hall–Kier alpha value is -2.51. The smallest absolute Gasteiger partial charge is 0.302 e. The molecule has 1 N–H and O–H groups in total. The van der Waals surface area contributed by atoms with E-state index < -0.39 is 0 Å². The van der Waals surface area contributed by atoms with Gasteiger partial charge in [0.05, 0.1) is 17.5 Å². The van der Waals surface area contributed by atoms with Crippen molar-refractivity contribution in [1.29, 1.82) is 0 Å². The lowest BCUT2D eigenvalue weighted by Crippen LogP contribution is -2.50. The van der Waals surface area contributed by atoms with Gasteiger partial charge in [0.1, 0.15) is 6.61 Å². The van der Waals surface area contributed by atoms with Crippen LogP contribution in [0.1, 0.15) is 63.7 Å². The maximum absolute atomic E-state index is 13.0. The van der Waals surface area contributed by atoms with Crippen molar-refractivity contribution < 1.29 is 14.3 Å². The molecule has 0 spiro atoms. The number of fused-ring (bicyclic) bond motifs is 2. The topological polar surface area (TPSA) is 61.9 Å². The molecule has 2 atom stereocenters. The number of ether oxygens (including phenoxy) is 1. The zero-order valence-corrected chi connectivity index (χ0v) is 22.1. The molecular weight excluding hydrogens is 458 g/mol. The molecule has 2 aromatic carbocycles. The van der Waals surface area contributed by atoms with E-state index in [0.29, 0.717) is 24.6 Å². The van der Waals surface area contributed by atoms with Crippen LogP contribution in [-0.2, 0) is 9.53 Å². The van der Waals surface area contributed by atoms with Crippen LogP contribution in [0.15, 0.2) is 52.3 Å². The molecule has 0 aliphatic carbocycles. The Morgan fingerprint density at radius 2 is 1.91 bits per heavy atom. The van der Waals surface area contributed by atoms with Gasteiger partial charge >= 0.3 is 5.97 Å². The SMILES string of the molecule is CCC(N1c2ccccc2Sc2ccc(C(=O)NCCC(C)C)cc21)N1CCC[C@@H]1COC(C)=O. The molecule has 0 saturated carbocycles. The van der Waals surface area contributed by atoms with Crippen molar-refractivity contribution in [3.8, 4) is 0 Å². The van der Waals surface area contributed by atoms with Gasteiger partial charge in [-0.05, 0) is 61.9 Å². The van der Waals surface area contributed by atoms with E-state index in [4.69, 9.17) is 4.74 Å². The molecule has 2 aliphatic heterocycles. The predicted molar refractivity (Wildman–Crippen MR) is 141 cm³/mol. The fourth-order valence-electron chi connectivity index (χ4n) is 5.03. The minimum atomic E-state index is -0.233. The Labute approximate surface area is 213 Å². The summed E-state index contributed by atoms with van der Waals surface area (Å²) in [4.78, 5) is 31.7. The second-order valence-electron chi connectivity index (χ2n) is 9.79. The summed E-state index contributed by atoms with van der Waals surface area (Å²) < 4.78 is 5.43. The molecule has 4 rings (SSSR count). The number of likely N-dealkylation sites (tertiary alicyclic amines) is 1. The van der Waals surface area contributed by atoms with E-state index >= 15 is 0 Å². The van der Waals surface area contributed by atoms with Crippen molar-refractivity contribution >= 4 is 35.0 Å². The van der Waals surface area contributed by atoms with Gasteiger partial charge in [0.15, 0.2) is 0 Å². The summed E-state index contributed by atoms with van der Waals surface area (Å²) in [7, 11) is 0. The number of nitrogens with one attached hydrogen (secondary N) is 1. The number of benzene rings is 2. The summed E-state index contributed by atoms with van der Waals surface area (Å²) in [5.41, 5.74) is 2.91. The molecule has 2 heterocycles. The first-order chi connectivity index (χ1) is 16.9. The standard InChI is InChI=1S/C28H37N3O3S/c1-5-27(30-16-8-9-22(30)18-34-20(4)32)31-23-10-6-7-11-25(23)35-26-13-12-21(17-24(26)31)28(33)29-15-14-19(2)3/h6-7,10-13,17,19,22,27H,5,8-9,14-16,18H2,1-4H3,(H,29,33)/t22-,27?/m1/s1. The van der Waals surface area contributed by atoms with E-state index in [1.54, 1.807) is 11.8 Å². The van der Waals surface area contributed by atoms with Crippen molar-refractivity contribution in [2.45, 2.75) is 75.4 Å². The lowest BCUT2D eigenvalue weighted by molar-refractivity contribution is -0.142. The minimum absolute atomic E-state index is 0.0285. The zero-order chi connectivity index (χ0) is 24.9. The van der Waals surface area contributed by atoms with Crippen LogP contribution < -0.4 is 10.2 Å². The number of carbonyl (C=O) groups is 2. The average molecular weight is 496 g/mol. The molecule has 35 heavy (non-hydrogen) atoms. The van der Waals surface area contributed by atoms with E-state index in [1.807, 2.05) is 12.1 Å². The van der Waals surface area contributed by atoms with E-state index in [0.717, 1.165) is 48.5 Å². The highest BCUT2D eigenvalue weighted by Gasteiger charge is 2.37. The summed E-state index contributed by atoms with van der Waals surface area (Å²) in [6.07, 6.45) is 4.05. The molecule has 6 nitrogen and oxygen atoms in total. The maximum Gasteiger partial charge on any atom is 0.302 e. The van der Waals surface area contributed by atoms with Gasteiger partial charge in [0.25, 0.3) is 5.91 Å². The second-order valence-corrected chi connectivity index (χ2v) is 10.9. The zero-order valence-electron chi connectivity index (χ0n) is 21.3. The van der Waals surface area contributed by atoms with Crippen LogP contribution in [0.5, 0.6) is 0 Å². The Morgan fingerprint density at radius 1 is 1.14 bits per heavy atom.